The standard InChI is InChI=1S/3C32H28Cl4FN7O2/c3*1-6-20(45)43-10-9-42(13-16(43)5)30-17-11-19(33)28(21-25(37)23(35)22(34)24(36)26(21)39)41-31(17)44(32(46)18(30)12-38)29-15(4)7-8-40-27(29)14(2)3/h3*6-8,11,14,16H,1,9-10,13,39H2,2-5H3/t3*16-/m111/s1. The minimum atomic E-state index is -0.998. The number of aryl methyl sites for hydroxylation is 3. The summed E-state index contributed by atoms with van der Waals surface area (Å²) >= 11 is 76.3. The number of aromatic nitrogens is 9. The van der Waals surface area contributed by atoms with Crippen LogP contribution in [0.2, 0.25) is 60.3 Å². The van der Waals surface area contributed by atoms with Crippen LogP contribution in [0.15, 0.2) is 107 Å². The molecule has 9 aromatic heterocycles. The van der Waals surface area contributed by atoms with Gasteiger partial charge in [0.2, 0.25) is 17.7 Å². The lowest BCUT2D eigenvalue weighted by molar-refractivity contribution is -0.129. The predicted octanol–water partition coefficient (Wildman–Crippen LogP) is 21.9. The maximum atomic E-state index is 15.7. The third-order valence-corrected chi connectivity index (χ3v) is 29.0. The van der Waals surface area contributed by atoms with Crippen LogP contribution in [-0.2, 0) is 14.4 Å². The number of nitrogens with zero attached hydrogens (tertiary/aromatic N) is 18. The van der Waals surface area contributed by atoms with Crippen molar-refractivity contribution < 1.29 is 27.6 Å². The molecule has 3 aliphatic rings. The van der Waals surface area contributed by atoms with Crippen LogP contribution in [0.1, 0.15) is 131 Å². The molecule has 714 valence electrons. The number of amides is 3. The summed E-state index contributed by atoms with van der Waals surface area (Å²) in [6.07, 6.45) is 8.65. The maximum absolute atomic E-state index is 15.7. The first-order valence-electron chi connectivity index (χ1n) is 42.6. The van der Waals surface area contributed by atoms with Gasteiger partial charge < -0.3 is 46.6 Å². The van der Waals surface area contributed by atoms with Crippen LogP contribution in [0.3, 0.4) is 0 Å². The van der Waals surface area contributed by atoms with Crippen LogP contribution in [0.5, 0.6) is 0 Å². The molecule has 3 atom stereocenters. The topological polar surface area (TPSA) is 363 Å². The number of nitrogens with two attached hydrogens (primary N) is 3. The summed E-state index contributed by atoms with van der Waals surface area (Å²) in [6.45, 7) is 36.0. The minimum absolute atomic E-state index is 0.0524. The van der Waals surface area contributed by atoms with Gasteiger partial charge in [0.1, 0.15) is 51.8 Å². The summed E-state index contributed by atoms with van der Waals surface area (Å²) in [6, 6.07) is 15.2. The zero-order valence-corrected chi connectivity index (χ0v) is 84.8. The number of pyridine rings is 9. The van der Waals surface area contributed by atoms with E-state index in [1.807, 2.05) is 97.8 Å². The van der Waals surface area contributed by atoms with Crippen molar-refractivity contribution in [3.8, 4) is 69.0 Å². The Kier molecular flexibility index (Phi) is 31.1. The quantitative estimate of drug-likeness (QED) is 0.0371. The third kappa shape index (κ3) is 18.3. The van der Waals surface area contributed by atoms with Gasteiger partial charge in [-0.15, -0.1) is 0 Å². The van der Waals surface area contributed by atoms with Crippen molar-refractivity contribution >= 4 is 224 Å². The van der Waals surface area contributed by atoms with Crippen molar-refractivity contribution in [2.75, 3.05) is 90.8 Å². The molecule has 27 nitrogen and oxygen atoms in total. The van der Waals surface area contributed by atoms with E-state index >= 15 is 13.2 Å². The number of carbonyl (C=O) groups excluding carboxylic acids is 3. The molecular weight excluding hydrogens is 2030 g/mol. The van der Waals surface area contributed by atoms with Crippen molar-refractivity contribution in [3.63, 3.8) is 0 Å². The molecule has 12 aromatic rings. The second-order valence-corrected chi connectivity index (χ2v) is 38.4. The average molecular weight is 2110 g/mol. The number of benzene rings is 3. The van der Waals surface area contributed by atoms with E-state index in [1.165, 1.54) is 50.1 Å². The van der Waals surface area contributed by atoms with Crippen LogP contribution < -0.4 is 48.6 Å². The number of nitriles is 3. The molecular formula is C96H84Cl12F3N21O6. The zero-order valence-electron chi connectivity index (χ0n) is 75.8. The molecule has 138 heavy (non-hydrogen) atoms. The van der Waals surface area contributed by atoms with Crippen LogP contribution in [0.4, 0.5) is 47.3 Å². The first-order valence-corrected chi connectivity index (χ1v) is 47.1. The summed E-state index contributed by atoms with van der Waals surface area (Å²) in [5, 5.41) is 29.5. The Labute approximate surface area is 850 Å². The van der Waals surface area contributed by atoms with Gasteiger partial charge in [-0.25, -0.2) is 28.1 Å². The summed E-state index contributed by atoms with van der Waals surface area (Å²) in [7, 11) is 0. The molecule has 0 unspecified atom stereocenters. The van der Waals surface area contributed by atoms with E-state index in [1.54, 1.807) is 51.5 Å². The predicted molar refractivity (Wildman–Crippen MR) is 546 cm³/mol. The molecule has 3 amide bonds. The normalized spacial score (nSPS) is 15.0. The molecule has 3 aliphatic heterocycles. The lowest BCUT2D eigenvalue weighted by Crippen LogP contribution is -2.54. The Morgan fingerprint density at radius 2 is 0.630 bits per heavy atom. The van der Waals surface area contributed by atoms with E-state index in [-0.39, 0.29) is 200 Å². The Balaban J connectivity index is 0.000000175. The number of halogens is 15. The number of rotatable bonds is 15. The van der Waals surface area contributed by atoms with E-state index in [4.69, 9.17) is 171 Å². The number of piperazine rings is 3. The molecule has 3 fully saturated rings. The first-order chi connectivity index (χ1) is 65.2. The van der Waals surface area contributed by atoms with Gasteiger partial charge in [-0.3, -0.25) is 57.4 Å². The molecule has 15 rings (SSSR count). The Bertz CT molecular complexity index is 6780. The Morgan fingerprint density at radius 3 is 0.833 bits per heavy atom. The Hall–Kier alpha value is -11.6. The van der Waals surface area contributed by atoms with Crippen LogP contribution >= 0.6 is 139 Å². The van der Waals surface area contributed by atoms with Gasteiger partial charge in [0.05, 0.1) is 162 Å². The smallest absolute Gasteiger partial charge is 0.276 e. The number of hydrogen-bond donors (Lipinski definition) is 3. The Morgan fingerprint density at radius 1 is 0.399 bits per heavy atom. The monoisotopic (exact) mass is 2100 g/mol. The molecule has 0 spiro atoms. The molecule has 0 aliphatic carbocycles. The van der Waals surface area contributed by atoms with Gasteiger partial charge in [0.15, 0.2) is 17.5 Å². The van der Waals surface area contributed by atoms with E-state index < -0.39 is 49.2 Å². The van der Waals surface area contributed by atoms with E-state index in [0.717, 1.165) is 0 Å². The molecule has 42 heteroatoms. The number of anilines is 6. The lowest BCUT2D eigenvalue weighted by atomic mass is 10.0. The molecule has 6 N–H and O–H groups in total. The average Bonchev–Trinajstić information content (AvgIpc) is 0.726. The fourth-order valence-electron chi connectivity index (χ4n) is 17.6. The van der Waals surface area contributed by atoms with Gasteiger partial charge in [-0.2, -0.15) is 15.8 Å². The van der Waals surface area contributed by atoms with Crippen molar-refractivity contribution in [1.82, 2.24) is 58.3 Å². The molecule has 0 saturated carbocycles. The molecule has 12 heterocycles. The highest BCUT2D eigenvalue weighted by atomic mass is 35.5. The summed E-state index contributed by atoms with van der Waals surface area (Å²) < 4.78 is 51.2. The second kappa shape index (κ2) is 41.4. The highest BCUT2D eigenvalue weighted by Gasteiger charge is 2.40. The highest BCUT2D eigenvalue weighted by Crippen LogP contribution is 2.52. The summed E-state index contributed by atoms with van der Waals surface area (Å²) in [5.41, 5.74) is 20.3. The summed E-state index contributed by atoms with van der Waals surface area (Å²) in [4.78, 5) is 119. The molecule has 3 aromatic carbocycles. The van der Waals surface area contributed by atoms with Crippen molar-refractivity contribution in [2.45, 2.75) is 119 Å². The number of hydrogen-bond acceptors (Lipinski definition) is 21. The number of fused-ring (bicyclic) bond motifs is 3. The van der Waals surface area contributed by atoms with Gasteiger partial charge in [0.25, 0.3) is 16.7 Å². The minimum Gasteiger partial charge on any atom is -0.397 e. The fourth-order valence-corrected chi connectivity index (χ4v) is 20.1. The molecule has 0 radical (unpaired) electrons. The lowest BCUT2D eigenvalue weighted by Gasteiger charge is -2.41. The zero-order chi connectivity index (χ0) is 101. The SMILES string of the molecule is C=CC(=O)N1CCN(c2c(C#N)c(=O)n(-c3c(C)ccnc3C(C)C)c3nc(-c4c(N)c(Cl)c(Cl)c(Cl)c4F)c(Cl)cc23)C[C@H]1C.C=CC(=O)N1CCN(c2c(C#N)c(=O)n(-c3c(C)ccnc3C(C)C)c3nc(-c4c(N)c(Cl)c(Cl)c(Cl)c4F)c(Cl)cc23)C[C@H]1C.C=CC(=O)N1CCN(c2c(C#N)c(=O)n(-c3c(C)ccnc3C(C)C)c3nc(-c4c(N)c(Cl)c(Cl)c(Cl)c4F)c(Cl)cc23)C[C@H]1C. The van der Waals surface area contributed by atoms with Crippen LogP contribution in [0.25, 0.3) is 83.9 Å². The van der Waals surface area contributed by atoms with Crippen LogP contribution in [-0.4, -0.2) is 153 Å². The van der Waals surface area contributed by atoms with Gasteiger partial charge in [-0.1, -0.05) is 200 Å². The van der Waals surface area contributed by atoms with Gasteiger partial charge >= 0.3 is 0 Å². The molecule has 0 bridgehead atoms. The van der Waals surface area contributed by atoms with Crippen molar-refractivity contribution in [2.24, 2.45) is 0 Å². The third-order valence-electron chi connectivity index (χ3n) is 24.2. The van der Waals surface area contributed by atoms with Gasteiger partial charge in [0, 0.05) is 112 Å². The largest absolute Gasteiger partial charge is 0.397 e. The van der Waals surface area contributed by atoms with Crippen LogP contribution in [0, 0.1) is 72.2 Å². The fraction of sp³-hybridized carbons (Fsp3) is 0.281. The highest BCUT2D eigenvalue weighted by molar-refractivity contribution is 6.52. The van der Waals surface area contributed by atoms with E-state index in [9.17, 15) is 44.6 Å². The second-order valence-electron chi connectivity index (χ2n) is 33.8. The van der Waals surface area contributed by atoms with Crippen molar-refractivity contribution in [1.29, 1.82) is 15.8 Å². The molecule has 3 saturated heterocycles. The first kappa shape index (κ1) is 104. The number of nitrogen functional groups attached to an aromatic ring is 3. The van der Waals surface area contributed by atoms with Crippen molar-refractivity contribution in [3.05, 3.63) is 252 Å². The summed E-state index contributed by atoms with van der Waals surface area (Å²) in [5.74, 6) is -4.07. The van der Waals surface area contributed by atoms with Gasteiger partial charge in [-0.05, 0) is 131 Å². The maximum Gasteiger partial charge on any atom is 0.276 e. The number of carbonyl (C=O) groups is 3. The van der Waals surface area contributed by atoms with E-state index in [0.29, 0.717) is 126 Å². The van der Waals surface area contributed by atoms with E-state index in [2.05, 4.69) is 52.9 Å².